The molecule has 156 valence electrons. The Bertz CT molecular complexity index is 964. The van der Waals surface area contributed by atoms with Gasteiger partial charge < -0.3 is 19.7 Å². The molecule has 0 aromatic heterocycles. The molecular weight excluding hydrogens is 380 g/mol. The van der Waals surface area contributed by atoms with Gasteiger partial charge in [-0.25, -0.2) is 0 Å². The maximum absolute atomic E-state index is 12.7. The number of likely N-dealkylation sites (tertiary alicyclic amines) is 1. The molecule has 6 nitrogen and oxygen atoms in total. The molecule has 2 amide bonds. The maximum Gasteiger partial charge on any atom is 0.255 e. The first-order chi connectivity index (χ1) is 14.6. The number of carbonyl (C=O) groups is 2. The highest BCUT2D eigenvalue weighted by Gasteiger charge is 2.42. The van der Waals surface area contributed by atoms with Gasteiger partial charge in [-0.15, -0.1) is 0 Å². The van der Waals surface area contributed by atoms with E-state index < -0.39 is 5.79 Å². The molecule has 2 aromatic rings. The normalized spacial score (nSPS) is 19.3. The van der Waals surface area contributed by atoms with Crippen molar-refractivity contribution >= 4 is 17.5 Å². The van der Waals surface area contributed by atoms with Gasteiger partial charge in [0.05, 0.1) is 0 Å². The number of carbonyl (C=O) groups excluding carboxylic acids is 2. The number of benzene rings is 2. The quantitative estimate of drug-likeness (QED) is 0.812. The van der Waals surface area contributed by atoms with Crippen LogP contribution in [0.25, 0.3) is 0 Å². The second kappa shape index (κ2) is 7.67. The van der Waals surface area contributed by atoms with Gasteiger partial charge >= 0.3 is 0 Å². The van der Waals surface area contributed by atoms with Crippen LogP contribution in [-0.4, -0.2) is 29.0 Å². The Labute approximate surface area is 176 Å². The van der Waals surface area contributed by atoms with Crippen molar-refractivity contribution in [3.05, 3.63) is 53.6 Å². The first-order valence-corrected chi connectivity index (χ1v) is 10.8. The minimum absolute atomic E-state index is 0.176. The van der Waals surface area contributed by atoms with Crippen LogP contribution in [0, 0.1) is 0 Å². The van der Waals surface area contributed by atoms with Gasteiger partial charge in [0.2, 0.25) is 5.91 Å². The van der Waals surface area contributed by atoms with Gasteiger partial charge in [-0.3, -0.25) is 9.59 Å². The molecule has 3 aliphatic rings. The molecule has 1 N–H and O–H groups in total. The molecule has 2 heterocycles. The fourth-order valence-corrected chi connectivity index (χ4v) is 4.52. The molecular formula is C24H26N2O4. The topological polar surface area (TPSA) is 67.9 Å². The van der Waals surface area contributed by atoms with Crippen LogP contribution >= 0.6 is 0 Å². The molecule has 0 radical (unpaired) electrons. The van der Waals surface area contributed by atoms with Crippen LogP contribution in [0.4, 0.5) is 5.69 Å². The molecule has 30 heavy (non-hydrogen) atoms. The van der Waals surface area contributed by atoms with E-state index in [-0.39, 0.29) is 11.8 Å². The number of rotatable bonds is 4. The summed E-state index contributed by atoms with van der Waals surface area (Å²) in [7, 11) is 0. The Balaban J connectivity index is 1.23. The summed E-state index contributed by atoms with van der Waals surface area (Å²) in [5, 5.41) is 2.94. The summed E-state index contributed by atoms with van der Waals surface area (Å²) >= 11 is 0. The van der Waals surface area contributed by atoms with Crippen molar-refractivity contribution in [1.82, 2.24) is 4.90 Å². The number of hydrogen-bond donors (Lipinski definition) is 1. The molecule has 5 rings (SSSR count). The average molecular weight is 406 g/mol. The second-order valence-electron chi connectivity index (χ2n) is 8.41. The predicted octanol–water partition coefficient (Wildman–Crippen LogP) is 4.49. The van der Waals surface area contributed by atoms with E-state index in [0.717, 1.165) is 50.0 Å². The smallest absolute Gasteiger partial charge is 0.255 e. The number of fused-ring (bicyclic) bond motifs is 1. The van der Waals surface area contributed by atoms with E-state index in [2.05, 4.69) is 5.32 Å². The van der Waals surface area contributed by atoms with Crippen molar-refractivity contribution in [2.75, 3.05) is 11.9 Å². The number of hydrogen-bond acceptors (Lipinski definition) is 4. The lowest BCUT2D eigenvalue weighted by Crippen LogP contribution is -2.40. The summed E-state index contributed by atoms with van der Waals surface area (Å²) in [5.41, 5.74) is 2.29. The van der Waals surface area contributed by atoms with E-state index in [1.165, 1.54) is 6.42 Å². The summed E-state index contributed by atoms with van der Waals surface area (Å²) < 4.78 is 12.2. The predicted molar refractivity (Wildman–Crippen MR) is 113 cm³/mol. The highest BCUT2D eigenvalue weighted by Crippen LogP contribution is 2.46. The molecule has 2 fully saturated rings. The van der Waals surface area contributed by atoms with Crippen molar-refractivity contribution in [3.8, 4) is 11.5 Å². The van der Waals surface area contributed by atoms with Crippen LogP contribution in [0.15, 0.2) is 42.5 Å². The average Bonchev–Trinajstić information content (AvgIpc) is 3.31. The van der Waals surface area contributed by atoms with Crippen LogP contribution < -0.4 is 14.8 Å². The molecule has 1 saturated carbocycles. The number of amides is 2. The summed E-state index contributed by atoms with van der Waals surface area (Å²) in [4.78, 5) is 26.3. The maximum atomic E-state index is 12.7. The van der Waals surface area contributed by atoms with Gasteiger partial charge in [-0.1, -0.05) is 18.6 Å². The Morgan fingerprint density at radius 1 is 0.967 bits per heavy atom. The minimum atomic E-state index is -0.518. The SMILES string of the molecule is O=C(Nc1ccc2c(c1)OC1(CCCCC1)O2)c1ccc(CN2CCCC2=O)cc1. The van der Waals surface area contributed by atoms with E-state index in [0.29, 0.717) is 30.0 Å². The molecule has 2 aromatic carbocycles. The first kappa shape index (κ1) is 19.0. The third kappa shape index (κ3) is 3.74. The van der Waals surface area contributed by atoms with E-state index >= 15 is 0 Å². The third-order valence-electron chi connectivity index (χ3n) is 6.17. The summed E-state index contributed by atoms with van der Waals surface area (Å²) in [6.07, 6.45) is 6.81. The van der Waals surface area contributed by atoms with Crippen molar-refractivity contribution in [3.63, 3.8) is 0 Å². The van der Waals surface area contributed by atoms with Crippen molar-refractivity contribution in [2.24, 2.45) is 0 Å². The van der Waals surface area contributed by atoms with Gasteiger partial charge in [0, 0.05) is 49.7 Å². The summed E-state index contributed by atoms with van der Waals surface area (Å²) in [6.45, 7) is 1.41. The fourth-order valence-electron chi connectivity index (χ4n) is 4.52. The molecule has 6 heteroatoms. The lowest BCUT2D eigenvalue weighted by atomic mass is 9.94. The van der Waals surface area contributed by atoms with Crippen molar-refractivity contribution in [1.29, 1.82) is 0 Å². The molecule has 1 saturated heterocycles. The summed E-state index contributed by atoms with van der Waals surface area (Å²) in [5.74, 6) is 0.950. The Kier molecular flexibility index (Phi) is 4.85. The second-order valence-corrected chi connectivity index (χ2v) is 8.41. The van der Waals surface area contributed by atoms with E-state index in [1.807, 2.05) is 35.2 Å². The number of anilines is 1. The monoisotopic (exact) mass is 406 g/mol. The third-order valence-corrected chi connectivity index (χ3v) is 6.17. The highest BCUT2D eigenvalue weighted by molar-refractivity contribution is 6.04. The Morgan fingerprint density at radius 2 is 1.73 bits per heavy atom. The van der Waals surface area contributed by atoms with Crippen LogP contribution in [0.3, 0.4) is 0 Å². The van der Waals surface area contributed by atoms with Gasteiger partial charge in [0.25, 0.3) is 11.7 Å². The standard InChI is InChI=1S/C24H26N2O4/c27-22-5-4-14-26(22)16-17-6-8-18(9-7-17)23(28)25-19-10-11-20-21(15-19)30-24(29-20)12-2-1-3-13-24/h6-11,15H,1-5,12-14,16H2,(H,25,28). The Hall–Kier alpha value is -3.02. The van der Waals surface area contributed by atoms with Gasteiger partial charge in [0.1, 0.15) is 0 Å². The highest BCUT2D eigenvalue weighted by atomic mass is 16.7. The zero-order valence-corrected chi connectivity index (χ0v) is 17.0. The number of nitrogens with zero attached hydrogens (tertiary/aromatic N) is 1. The molecule has 2 aliphatic heterocycles. The van der Waals surface area contributed by atoms with E-state index in [9.17, 15) is 9.59 Å². The zero-order valence-electron chi connectivity index (χ0n) is 17.0. The van der Waals surface area contributed by atoms with Crippen molar-refractivity contribution in [2.45, 2.75) is 57.3 Å². The van der Waals surface area contributed by atoms with E-state index in [1.54, 1.807) is 12.1 Å². The lowest BCUT2D eigenvalue weighted by molar-refractivity contribution is -0.128. The molecule has 0 bridgehead atoms. The fraction of sp³-hybridized carbons (Fsp3) is 0.417. The van der Waals surface area contributed by atoms with Crippen molar-refractivity contribution < 1.29 is 19.1 Å². The van der Waals surface area contributed by atoms with Gasteiger partial charge in [-0.05, 0) is 49.1 Å². The molecule has 1 aliphatic carbocycles. The van der Waals surface area contributed by atoms with Crippen LogP contribution in [0.1, 0.15) is 60.9 Å². The zero-order chi connectivity index (χ0) is 20.6. The van der Waals surface area contributed by atoms with Crippen LogP contribution in [0.2, 0.25) is 0 Å². The van der Waals surface area contributed by atoms with Gasteiger partial charge in [-0.2, -0.15) is 0 Å². The van der Waals surface area contributed by atoms with Gasteiger partial charge in [0.15, 0.2) is 11.5 Å². The van der Waals surface area contributed by atoms with Crippen LogP contribution in [0.5, 0.6) is 11.5 Å². The Morgan fingerprint density at radius 3 is 2.47 bits per heavy atom. The first-order valence-electron chi connectivity index (χ1n) is 10.8. The van der Waals surface area contributed by atoms with Crippen LogP contribution in [-0.2, 0) is 11.3 Å². The summed E-state index contributed by atoms with van der Waals surface area (Å²) in [6, 6.07) is 13.0. The molecule has 0 atom stereocenters. The molecule has 1 spiro atoms. The lowest BCUT2D eigenvalue weighted by Gasteiger charge is -2.31. The number of ether oxygens (including phenoxy) is 2. The minimum Gasteiger partial charge on any atom is -0.448 e. The van der Waals surface area contributed by atoms with E-state index in [4.69, 9.17) is 9.47 Å². The largest absolute Gasteiger partial charge is 0.448 e. The number of nitrogens with one attached hydrogen (secondary N) is 1. The molecule has 0 unspecified atom stereocenters.